The molecular weight excluding hydrogens is 416 g/mol. The molecule has 0 N–H and O–H groups in total. The van der Waals surface area contributed by atoms with Crippen LogP contribution >= 0.6 is 0 Å². The third-order valence-electron chi connectivity index (χ3n) is 5.30. The monoisotopic (exact) mass is 444 g/mol. The summed E-state index contributed by atoms with van der Waals surface area (Å²) in [5.41, 5.74) is 0.930. The van der Waals surface area contributed by atoms with Crippen LogP contribution in [0.1, 0.15) is 43.0 Å². The van der Waals surface area contributed by atoms with Gasteiger partial charge in [-0.25, -0.2) is 13.2 Å². The maximum absolute atomic E-state index is 12.8. The van der Waals surface area contributed by atoms with Crippen LogP contribution in [-0.4, -0.2) is 50.8 Å². The molecule has 166 valence electrons. The standard InChI is InChI=1S/C23H28N2O5S/c1-2-25(20-10-6-5-7-11-20)22(26)18-30-23(27)19-12-14-21(15-13-19)31(28,29)24-16-8-3-4-9-17-24/h5-7,10-15H,2-4,8-9,16-18H2,1H3. The van der Waals surface area contributed by atoms with Gasteiger partial charge < -0.3 is 9.64 Å². The highest BCUT2D eigenvalue weighted by molar-refractivity contribution is 7.89. The summed E-state index contributed by atoms with van der Waals surface area (Å²) in [5, 5.41) is 0. The van der Waals surface area contributed by atoms with E-state index in [0.717, 1.165) is 31.4 Å². The van der Waals surface area contributed by atoms with Gasteiger partial charge >= 0.3 is 5.97 Å². The summed E-state index contributed by atoms with van der Waals surface area (Å²) >= 11 is 0. The lowest BCUT2D eigenvalue weighted by Crippen LogP contribution is -2.34. The molecule has 1 saturated heterocycles. The molecule has 1 amide bonds. The predicted octanol–water partition coefficient (Wildman–Crippen LogP) is 3.46. The molecule has 1 aliphatic heterocycles. The van der Waals surface area contributed by atoms with Crippen molar-refractivity contribution in [2.45, 2.75) is 37.5 Å². The number of hydrogen-bond donors (Lipinski definition) is 0. The van der Waals surface area contributed by atoms with Crippen molar-refractivity contribution >= 4 is 27.6 Å². The Kier molecular flexibility index (Phi) is 7.81. The van der Waals surface area contributed by atoms with Gasteiger partial charge in [-0.3, -0.25) is 4.79 Å². The van der Waals surface area contributed by atoms with Crippen LogP contribution in [0.25, 0.3) is 0 Å². The van der Waals surface area contributed by atoms with Crippen molar-refractivity contribution in [3.8, 4) is 0 Å². The summed E-state index contributed by atoms with van der Waals surface area (Å²) in [6.45, 7) is 2.93. The Morgan fingerprint density at radius 2 is 1.55 bits per heavy atom. The number of sulfonamides is 1. The summed E-state index contributed by atoms with van der Waals surface area (Å²) < 4.78 is 32.3. The van der Waals surface area contributed by atoms with Gasteiger partial charge in [0.2, 0.25) is 10.0 Å². The molecule has 0 saturated carbocycles. The van der Waals surface area contributed by atoms with Crippen molar-refractivity contribution in [1.29, 1.82) is 0 Å². The fourth-order valence-corrected chi connectivity index (χ4v) is 5.11. The quantitative estimate of drug-likeness (QED) is 0.611. The van der Waals surface area contributed by atoms with E-state index in [9.17, 15) is 18.0 Å². The molecule has 8 heteroatoms. The molecule has 2 aromatic carbocycles. The number of para-hydroxylation sites is 1. The summed E-state index contributed by atoms with van der Waals surface area (Å²) in [4.78, 5) is 26.5. The third-order valence-corrected chi connectivity index (χ3v) is 7.22. The lowest BCUT2D eigenvalue weighted by Gasteiger charge is -2.21. The fourth-order valence-electron chi connectivity index (χ4n) is 3.59. The number of benzene rings is 2. The first-order valence-corrected chi connectivity index (χ1v) is 12.0. The van der Waals surface area contributed by atoms with Crippen LogP contribution in [-0.2, 0) is 19.6 Å². The number of carbonyl (C=O) groups excluding carboxylic acids is 2. The maximum Gasteiger partial charge on any atom is 0.338 e. The van der Waals surface area contributed by atoms with Crippen LogP contribution in [0.5, 0.6) is 0 Å². The molecular formula is C23H28N2O5S. The van der Waals surface area contributed by atoms with Gasteiger partial charge in [0.25, 0.3) is 5.91 Å². The zero-order chi connectivity index (χ0) is 22.3. The highest BCUT2D eigenvalue weighted by Crippen LogP contribution is 2.21. The topological polar surface area (TPSA) is 84.0 Å². The molecule has 0 atom stereocenters. The number of carbonyl (C=O) groups is 2. The van der Waals surface area contributed by atoms with Crippen molar-refractivity contribution in [3.63, 3.8) is 0 Å². The fraction of sp³-hybridized carbons (Fsp3) is 0.391. The van der Waals surface area contributed by atoms with Crippen LogP contribution in [0.2, 0.25) is 0 Å². The Labute approximate surface area is 183 Å². The van der Waals surface area contributed by atoms with E-state index in [2.05, 4.69) is 0 Å². The normalized spacial score (nSPS) is 15.1. The van der Waals surface area contributed by atoms with Crippen molar-refractivity contribution in [1.82, 2.24) is 4.31 Å². The van der Waals surface area contributed by atoms with E-state index in [1.807, 2.05) is 37.3 Å². The molecule has 1 fully saturated rings. The summed E-state index contributed by atoms with van der Waals surface area (Å²) in [5.74, 6) is -1.00. The number of rotatable bonds is 7. The summed E-state index contributed by atoms with van der Waals surface area (Å²) in [7, 11) is -3.58. The average Bonchev–Trinajstić information content (AvgIpc) is 3.09. The molecule has 0 bridgehead atoms. The van der Waals surface area contributed by atoms with Crippen LogP contribution < -0.4 is 4.90 Å². The first kappa shape index (κ1) is 23.0. The molecule has 7 nitrogen and oxygen atoms in total. The number of anilines is 1. The largest absolute Gasteiger partial charge is 0.452 e. The van der Waals surface area contributed by atoms with Gasteiger partial charge in [0.15, 0.2) is 6.61 Å². The van der Waals surface area contributed by atoms with Crippen LogP contribution in [0.15, 0.2) is 59.5 Å². The zero-order valence-corrected chi connectivity index (χ0v) is 18.5. The smallest absolute Gasteiger partial charge is 0.338 e. The van der Waals surface area contributed by atoms with Crippen LogP contribution in [0.4, 0.5) is 5.69 Å². The zero-order valence-electron chi connectivity index (χ0n) is 17.7. The second kappa shape index (κ2) is 10.5. The number of hydrogen-bond acceptors (Lipinski definition) is 5. The van der Waals surface area contributed by atoms with E-state index >= 15 is 0 Å². The van der Waals surface area contributed by atoms with Gasteiger partial charge in [-0.1, -0.05) is 31.0 Å². The molecule has 1 aliphatic rings. The first-order valence-electron chi connectivity index (χ1n) is 10.6. The Morgan fingerprint density at radius 3 is 2.13 bits per heavy atom. The highest BCUT2D eigenvalue weighted by Gasteiger charge is 2.25. The minimum absolute atomic E-state index is 0.156. The minimum atomic E-state index is -3.58. The average molecular weight is 445 g/mol. The van der Waals surface area contributed by atoms with Crippen molar-refractivity contribution in [2.24, 2.45) is 0 Å². The van der Waals surface area contributed by atoms with E-state index in [-0.39, 0.29) is 16.4 Å². The molecule has 0 radical (unpaired) electrons. The van der Waals surface area contributed by atoms with Gasteiger partial charge in [0.05, 0.1) is 10.5 Å². The Morgan fingerprint density at radius 1 is 0.935 bits per heavy atom. The van der Waals surface area contributed by atoms with E-state index in [1.165, 1.54) is 33.5 Å². The molecule has 1 heterocycles. The van der Waals surface area contributed by atoms with E-state index in [1.54, 1.807) is 0 Å². The van der Waals surface area contributed by atoms with Crippen LogP contribution in [0.3, 0.4) is 0 Å². The predicted molar refractivity (Wildman–Crippen MR) is 118 cm³/mol. The van der Waals surface area contributed by atoms with Crippen molar-refractivity contribution in [2.75, 3.05) is 31.1 Å². The molecule has 2 aromatic rings. The van der Waals surface area contributed by atoms with Crippen molar-refractivity contribution < 1.29 is 22.7 Å². The molecule has 0 aliphatic carbocycles. The SMILES string of the molecule is CCN(C(=O)COC(=O)c1ccc(S(=O)(=O)N2CCCCCC2)cc1)c1ccccc1. The van der Waals surface area contributed by atoms with Gasteiger partial charge in [0, 0.05) is 25.3 Å². The van der Waals surface area contributed by atoms with Crippen LogP contribution in [0, 0.1) is 0 Å². The number of ether oxygens (including phenoxy) is 1. The number of nitrogens with zero attached hydrogens (tertiary/aromatic N) is 2. The number of likely N-dealkylation sites (N-methyl/N-ethyl adjacent to an activating group) is 1. The Hall–Kier alpha value is -2.71. The van der Waals surface area contributed by atoms with E-state index in [4.69, 9.17) is 4.74 Å². The summed E-state index contributed by atoms with van der Waals surface area (Å²) in [6.07, 6.45) is 3.79. The number of amides is 1. The van der Waals surface area contributed by atoms with E-state index < -0.39 is 22.6 Å². The second-order valence-electron chi connectivity index (χ2n) is 7.39. The van der Waals surface area contributed by atoms with Gasteiger partial charge in [0.1, 0.15) is 0 Å². The molecule has 3 rings (SSSR count). The first-order chi connectivity index (χ1) is 14.9. The minimum Gasteiger partial charge on any atom is -0.452 e. The summed E-state index contributed by atoms with van der Waals surface area (Å²) in [6, 6.07) is 14.8. The lowest BCUT2D eigenvalue weighted by atomic mass is 10.2. The molecule has 0 spiro atoms. The number of esters is 1. The highest BCUT2D eigenvalue weighted by atomic mass is 32.2. The molecule has 31 heavy (non-hydrogen) atoms. The molecule has 0 aromatic heterocycles. The van der Waals surface area contributed by atoms with E-state index in [0.29, 0.717) is 19.6 Å². The Bertz CT molecular complexity index is 982. The lowest BCUT2D eigenvalue weighted by molar-refractivity contribution is -0.121. The van der Waals surface area contributed by atoms with Crippen molar-refractivity contribution in [3.05, 3.63) is 60.2 Å². The second-order valence-corrected chi connectivity index (χ2v) is 9.33. The molecule has 0 unspecified atom stereocenters. The van der Waals surface area contributed by atoms with Gasteiger partial charge in [-0.05, 0) is 56.2 Å². The third kappa shape index (κ3) is 5.71. The van der Waals surface area contributed by atoms with Gasteiger partial charge in [-0.15, -0.1) is 0 Å². The van der Waals surface area contributed by atoms with Gasteiger partial charge in [-0.2, -0.15) is 4.31 Å². The Balaban J connectivity index is 1.62. The maximum atomic E-state index is 12.8.